The normalized spacial score (nSPS) is 17.9. The number of rotatable bonds is 6. The zero-order valence-electron chi connectivity index (χ0n) is 17.9. The first kappa shape index (κ1) is 21.8. The lowest BCUT2D eigenvalue weighted by Gasteiger charge is -2.24. The number of carbonyl (C=O) groups is 2. The van der Waals surface area contributed by atoms with E-state index in [0.29, 0.717) is 23.7 Å². The molecule has 2 aromatic carbocycles. The number of aromatic nitrogens is 1. The highest BCUT2D eigenvalue weighted by Gasteiger charge is 2.46. The number of Topliss-reactive ketones (excluding diaryl/α,β-unsaturated/α-hetero) is 1. The molecule has 2 N–H and O–H groups in total. The van der Waals surface area contributed by atoms with Crippen molar-refractivity contribution in [1.82, 2.24) is 9.88 Å². The first-order chi connectivity index (χ1) is 15.4. The third kappa shape index (κ3) is 3.39. The Balaban J connectivity index is 1.99. The highest BCUT2D eigenvalue weighted by Crippen LogP contribution is 2.44. The molecule has 2 heterocycles. The van der Waals surface area contributed by atoms with E-state index >= 15 is 0 Å². The molecule has 1 aliphatic rings. The molecule has 166 valence electrons. The minimum absolute atomic E-state index is 0.00382. The predicted octanol–water partition coefficient (Wildman–Crippen LogP) is 4.67. The summed E-state index contributed by atoms with van der Waals surface area (Å²) in [6.07, 6.45) is 2.43. The summed E-state index contributed by atoms with van der Waals surface area (Å²) in [6, 6.07) is 9.86. The van der Waals surface area contributed by atoms with E-state index in [0.717, 1.165) is 16.5 Å². The third-order valence-corrected chi connectivity index (χ3v) is 5.94. The van der Waals surface area contributed by atoms with Crippen LogP contribution >= 0.6 is 11.6 Å². The standard InChI is InChI=1S/C24H23ClN2O5/c1-4-9-27-21(15-12-26-17-8-6-5-7-13(15)17)20(23(29)24(27)30)22(28)14-10-19(32-3)16(25)11-18(14)31-2/h5-8,10-12,21,26,28H,4,9H2,1-3H3/b22-20+. The largest absolute Gasteiger partial charge is 0.507 e. The summed E-state index contributed by atoms with van der Waals surface area (Å²) in [5.74, 6) is -1.18. The second kappa shape index (κ2) is 8.59. The summed E-state index contributed by atoms with van der Waals surface area (Å²) in [6.45, 7) is 2.30. The van der Waals surface area contributed by atoms with Crippen LogP contribution in [0.2, 0.25) is 5.02 Å². The van der Waals surface area contributed by atoms with Crippen LogP contribution in [0.5, 0.6) is 11.5 Å². The van der Waals surface area contributed by atoms with E-state index in [1.807, 2.05) is 31.2 Å². The average molecular weight is 455 g/mol. The van der Waals surface area contributed by atoms with Crippen LogP contribution in [0.15, 0.2) is 48.2 Å². The number of fused-ring (bicyclic) bond motifs is 1. The van der Waals surface area contributed by atoms with Crippen molar-refractivity contribution in [2.45, 2.75) is 19.4 Å². The summed E-state index contributed by atoms with van der Waals surface area (Å²) in [4.78, 5) is 30.8. The number of nitrogens with zero attached hydrogens (tertiary/aromatic N) is 1. The third-order valence-electron chi connectivity index (χ3n) is 5.65. The van der Waals surface area contributed by atoms with E-state index in [-0.39, 0.29) is 22.6 Å². The van der Waals surface area contributed by atoms with Crippen molar-refractivity contribution >= 4 is 40.0 Å². The number of likely N-dealkylation sites (tertiary alicyclic amines) is 1. The first-order valence-electron chi connectivity index (χ1n) is 10.2. The van der Waals surface area contributed by atoms with Gasteiger partial charge in [-0.1, -0.05) is 36.7 Å². The number of carbonyl (C=O) groups excluding carboxylic acids is 2. The zero-order chi connectivity index (χ0) is 23.0. The number of H-pyrrole nitrogens is 1. The molecular weight excluding hydrogens is 432 g/mol. The van der Waals surface area contributed by atoms with Gasteiger partial charge in [-0.2, -0.15) is 0 Å². The van der Waals surface area contributed by atoms with Crippen molar-refractivity contribution in [3.8, 4) is 11.5 Å². The van der Waals surface area contributed by atoms with Crippen LogP contribution in [0, 0.1) is 0 Å². The Morgan fingerprint density at radius 2 is 1.88 bits per heavy atom. The fourth-order valence-electron chi connectivity index (χ4n) is 4.19. The molecule has 3 aromatic rings. The van der Waals surface area contributed by atoms with Crippen LogP contribution in [0.3, 0.4) is 0 Å². The molecular formula is C24H23ClN2O5. The molecule has 1 fully saturated rings. The number of nitrogens with one attached hydrogen (secondary N) is 1. The summed E-state index contributed by atoms with van der Waals surface area (Å²) >= 11 is 6.20. The van der Waals surface area contributed by atoms with Crippen molar-refractivity contribution in [2.24, 2.45) is 0 Å². The highest BCUT2D eigenvalue weighted by molar-refractivity contribution is 6.46. The van der Waals surface area contributed by atoms with Gasteiger partial charge in [-0.15, -0.1) is 0 Å². The number of amides is 1. The Labute approximate surface area is 190 Å². The molecule has 0 bridgehead atoms. The monoisotopic (exact) mass is 454 g/mol. The van der Waals surface area contributed by atoms with Crippen LogP contribution in [0.25, 0.3) is 16.7 Å². The van der Waals surface area contributed by atoms with Crippen molar-refractivity contribution in [1.29, 1.82) is 0 Å². The smallest absolute Gasteiger partial charge is 0.295 e. The van der Waals surface area contributed by atoms with Gasteiger partial charge in [0, 0.05) is 35.3 Å². The molecule has 1 aliphatic heterocycles. The molecule has 8 heteroatoms. The highest BCUT2D eigenvalue weighted by atomic mass is 35.5. The number of benzene rings is 2. The van der Waals surface area contributed by atoms with E-state index in [1.54, 1.807) is 6.20 Å². The van der Waals surface area contributed by atoms with Crippen molar-refractivity contribution in [3.63, 3.8) is 0 Å². The fourth-order valence-corrected chi connectivity index (χ4v) is 4.42. The van der Waals surface area contributed by atoms with E-state index in [4.69, 9.17) is 21.1 Å². The molecule has 0 saturated carbocycles. The van der Waals surface area contributed by atoms with Gasteiger partial charge < -0.3 is 24.5 Å². The molecule has 0 spiro atoms. The Bertz CT molecular complexity index is 1250. The maximum atomic E-state index is 13.2. The van der Waals surface area contributed by atoms with Crippen molar-refractivity contribution in [3.05, 3.63) is 64.3 Å². The zero-order valence-corrected chi connectivity index (χ0v) is 18.7. The predicted molar refractivity (Wildman–Crippen MR) is 122 cm³/mol. The Hall–Kier alpha value is -3.45. The van der Waals surface area contributed by atoms with Gasteiger partial charge in [0.15, 0.2) is 0 Å². The van der Waals surface area contributed by atoms with Gasteiger partial charge >= 0.3 is 0 Å². The van der Waals surface area contributed by atoms with Gasteiger partial charge in [0.2, 0.25) is 0 Å². The number of halogens is 1. The lowest BCUT2D eigenvalue weighted by Crippen LogP contribution is -2.30. The van der Waals surface area contributed by atoms with E-state index in [1.165, 1.54) is 31.3 Å². The van der Waals surface area contributed by atoms with Gasteiger partial charge in [-0.25, -0.2) is 0 Å². The van der Waals surface area contributed by atoms with Crippen molar-refractivity contribution < 1.29 is 24.2 Å². The fraction of sp³-hybridized carbons (Fsp3) is 0.250. The molecule has 0 aliphatic carbocycles. The molecule has 32 heavy (non-hydrogen) atoms. The summed E-state index contributed by atoms with van der Waals surface area (Å²) in [5, 5.41) is 12.5. The molecule has 1 unspecified atom stereocenters. The topological polar surface area (TPSA) is 91.9 Å². The van der Waals surface area contributed by atoms with Gasteiger partial charge in [-0.3, -0.25) is 9.59 Å². The number of hydrogen-bond acceptors (Lipinski definition) is 5. The lowest BCUT2D eigenvalue weighted by atomic mass is 9.94. The molecule has 1 aromatic heterocycles. The molecule has 4 rings (SSSR count). The quantitative estimate of drug-likeness (QED) is 0.321. The number of methoxy groups -OCH3 is 2. The average Bonchev–Trinajstić information content (AvgIpc) is 3.33. The SMILES string of the molecule is CCCN1C(=O)C(=O)/C(=C(/O)c2cc(OC)c(Cl)cc2OC)C1c1c[nH]c2ccccc12. The Kier molecular flexibility index (Phi) is 5.84. The van der Waals surface area contributed by atoms with E-state index in [9.17, 15) is 14.7 Å². The number of aliphatic hydroxyl groups is 1. The van der Waals surface area contributed by atoms with E-state index < -0.39 is 17.7 Å². The lowest BCUT2D eigenvalue weighted by molar-refractivity contribution is -0.139. The van der Waals surface area contributed by atoms with Gasteiger partial charge in [0.25, 0.3) is 11.7 Å². The maximum absolute atomic E-state index is 13.2. The van der Waals surface area contributed by atoms with Crippen LogP contribution in [-0.2, 0) is 9.59 Å². The Morgan fingerprint density at radius 3 is 2.56 bits per heavy atom. The summed E-state index contributed by atoms with van der Waals surface area (Å²) in [5.41, 5.74) is 1.81. The Morgan fingerprint density at radius 1 is 1.16 bits per heavy atom. The van der Waals surface area contributed by atoms with Gasteiger partial charge in [-0.05, 0) is 18.6 Å². The van der Waals surface area contributed by atoms with Crippen LogP contribution in [0.4, 0.5) is 0 Å². The van der Waals surface area contributed by atoms with Gasteiger partial charge in [0.1, 0.15) is 17.3 Å². The number of aromatic amines is 1. The number of ether oxygens (including phenoxy) is 2. The molecule has 1 atom stereocenters. The number of ketones is 1. The van der Waals surface area contributed by atoms with Gasteiger partial charge in [0.05, 0.1) is 36.4 Å². The second-order valence-electron chi connectivity index (χ2n) is 7.47. The minimum Gasteiger partial charge on any atom is -0.507 e. The van der Waals surface area contributed by atoms with E-state index in [2.05, 4.69) is 4.98 Å². The molecule has 0 radical (unpaired) electrons. The number of hydrogen-bond donors (Lipinski definition) is 2. The molecule has 1 saturated heterocycles. The first-order valence-corrected chi connectivity index (χ1v) is 10.6. The maximum Gasteiger partial charge on any atom is 0.295 e. The minimum atomic E-state index is -0.752. The molecule has 7 nitrogen and oxygen atoms in total. The van der Waals surface area contributed by atoms with Crippen molar-refractivity contribution in [2.75, 3.05) is 20.8 Å². The molecule has 1 amide bonds. The second-order valence-corrected chi connectivity index (χ2v) is 7.88. The summed E-state index contributed by atoms with van der Waals surface area (Å²) < 4.78 is 10.7. The van der Waals surface area contributed by atoms with Crippen LogP contribution < -0.4 is 9.47 Å². The van der Waals surface area contributed by atoms with Crippen LogP contribution in [-0.4, -0.2) is 47.4 Å². The number of para-hydroxylation sites is 1. The summed E-state index contributed by atoms with van der Waals surface area (Å²) in [7, 11) is 2.88. The van der Waals surface area contributed by atoms with Crippen LogP contribution in [0.1, 0.15) is 30.5 Å². The number of aliphatic hydroxyl groups excluding tert-OH is 1.